The van der Waals surface area contributed by atoms with E-state index in [1.54, 1.807) is 17.0 Å². The fourth-order valence-corrected chi connectivity index (χ4v) is 4.10. The molecule has 1 atom stereocenters. The Bertz CT molecular complexity index is 839. The smallest absolute Gasteiger partial charge is 0.243 e. The van der Waals surface area contributed by atoms with E-state index >= 15 is 0 Å². The summed E-state index contributed by atoms with van der Waals surface area (Å²) < 4.78 is 13.1. The molecule has 0 saturated carbocycles. The fourth-order valence-electron chi connectivity index (χ4n) is 3.23. The van der Waals surface area contributed by atoms with Gasteiger partial charge in [-0.2, -0.15) is 0 Å². The number of hydrogen-bond acceptors (Lipinski definition) is 3. The molecule has 0 aromatic heterocycles. The van der Waals surface area contributed by atoms with Crippen LogP contribution in [0.5, 0.6) is 0 Å². The Morgan fingerprint density at radius 3 is 2.40 bits per heavy atom. The summed E-state index contributed by atoms with van der Waals surface area (Å²) in [4.78, 5) is 27.6. The maximum absolute atomic E-state index is 13.1. The molecule has 0 aliphatic heterocycles. The van der Waals surface area contributed by atoms with Gasteiger partial charge in [0.25, 0.3) is 0 Å². The van der Waals surface area contributed by atoms with Crippen molar-refractivity contribution in [1.82, 2.24) is 10.2 Å². The van der Waals surface area contributed by atoms with Crippen LogP contribution < -0.4 is 5.32 Å². The largest absolute Gasteiger partial charge is 0.352 e. The summed E-state index contributed by atoms with van der Waals surface area (Å²) >= 11 is 1.47. The number of nitrogens with zero attached hydrogens (tertiary/aromatic N) is 1. The summed E-state index contributed by atoms with van der Waals surface area (Å²) in [6, 6.07) is 13.8. The molecule has 2 aromatic rings. The van der Waals surface area contributed by atoms with Crippen LogP contribution in [0.3, 0.4) is 0 Å². The normalized spacial score (nSPS) is 11.9. The van der Waals surface area contributed by atoms with E-state index in [4.69, 9.17) is 0 Å². The minimum absolute atomic E-state index is 0.00956. The van der Waals surface area contributed by atoms with E-state index in [0.717, 1.165) is 16.7 Å². The van der Waals surface area contributed by atoms with E-state index in [-0.39, 0.29) is 29.4 Å². The zero-order valence-electron chi connectivity index (χ0n) is 18.2. The van der Waals surface area contributed by atoms with Gasteiger partial charge in [-0.25, -0.2) is 4.39 Å². The van der Waals surface area contributed by atoms with Gasteiger partial charge in [-0.05, 0) is 50.5 Å². The van der Waals surface area contributed by atoms with Gasteiger partial charge in [-0.3, -0.25) is 9.59 Å². The molecule has 2 rings (SSSR count). The number of nitrogens with one attached hydrogen (secondary N) is 1. The first-order valence-electron chi connectivity index (χ1n) is 10.3. The summed E-state index contributed by atoms with van der Waals surface area (Å²) in [5, 5.41) is 2.94. The van der Waals surface area contributed by atoms with Crippen LogP contribution in [0, 0.1) is 12.7 Å². The fraction of sp³-hybridized carbons (Fsp3) is 0.417. The Morgan fingerprint density at radius 2 is 1.80 bits per heavy atom. The van der Waals surface area contributed by atoms with Crippen molar-refractivity contribution < 1.29 is 14.0 Å². The van der Waals surface area contributed by atoms with Crippen LogP contribution in [0.1, 0.15) is 43.9 Å². The molecule has 4 nitrogen and oxygen atoms in total. The van der Waals surface area contributed by atoms with Crippen molar-refractivity contribution in [3.05, 3.63) is 71.0 Å². The third kappa shape index (κ3) is 7.48. The van der Waals surface area contributed by atoms with Crippen molar-refractivity contribution >= 4 is 23.6 Å². The number of amides is 2. The van der Waals surface area contributed by atoms with E-state index in [9.17, 15) is 14.0 Å². The molecular weight excluding hydrogens is 399 g/mol. The van der Waals surface area contributed by atoms with Crippen LogP contribution in [-0.2, 0) is 21.9 Å². The standard InChI is InChI=1S/C24H31FN2O2S/c1-5-22(24(29)26-17(2)3)27(14-20-8-6-7-18(4)13-20)23(28)16-30-15-19-9-11-21(25)12-10-19/h6-13,17,22H,5,14-16H2,1-4H3,(H,26,29)/t22-/m1/s1. The quantitative estimate of drug-likeness (QED) is 0.594. The number of benzene rings is 2. The third-order valence-electron chi connectivity index (χ3n) is 4.66. The molecule has 0 aliphatic rings. The number of thioether (sulfide) groups is 1. The van der Waals surface area contributed by atoms with Crippen molar-refractivity contribution in [3.63, 3.8) is 0 Å². The molecular formula is C24H31FN2O2S. The molecule has 2 aromatic carbocycles. The van der Waals surface area contributed by atoms with Crippen molar-refractivity contribution in [2.75, 3.05) is 5.75 Å². The maximum Gasteiger partial charge on any atom is 0.243 e. The zero-order valence-corrected chi connectivity index (χ0v) is 19.0. The highest BCUT2D eigenvalue weighted by atomic mass is 32.2. The van der Waals surface area contributed by atoms with Gasteiger partial charge in [0.15, 0.2) is 0 Å². The van der Waals surface area contributed by atoms with Gasteiger partial charge in [-0.1, -0.05) is 48.9 Å². The molecule has 1 N–H and O–H groups in total. The molecule has 0 bridgehead atoms. The molecule has 0 fully saturated rings. The maximum atomic E-state index is 13.1. The molecule has 6 heteroatoms. The lowest BCUT2D eigenvalue weighted by Crippen LogP contribution is -2.50. The van der Waals surface area contributed by atoms with Gasteiger partial charge in [0.1, 0.15) is 11.9 Å². The highest BCUT2D eigenvalue weighted by Gasteiger charge is 2.28. The average molecular weight is 431 g/mol. The Labute approximate surface area is 183 Å². The average Bonchev–Trinajstić information content (AvgIpc) is 2.68. The minimum Gasteiger partial charge on any atom is -0.352 e. The number of carbonyl (C=O) groups excluding carboxylic acids is 2. The van der Waals surface area contributed by atoms with Gasteiger partial charge in [-0.15, -0.1) is 11.8 Å². The molecule has 0 radical (unpaired) electrons. The number of halogens is 1. The van der Waals surface area contributed by atoms with Gasteiger partial charge in [0.05, 0.1) is 5.75 Å². The van der Waals surface area contributed by atoms with Crippen LogP contribution in [0.25, 0.3) is 0 Å². The number of carbonyl (C=O) groups is 2. The highest BCUT2D eigenvalue weighted by molar-refractivity contribution is 7.99. The lowest BCUT2D eigenvalue weighted by molar-refractivity contribution is -0.139. The van der Waals surface area contributed by atoms with Crippen LogP contribution >= 0.6 is 11.8 Å². The van der Waals surface area contributed by atoms with Gasteiger partial charge in [0.2, 0.25) is 11.8 Å². The Morgan fingerprint density at radius 1 is 1.10 bits per heavy atom. The molecule has 0 unspecified atom stereocenters. The summed E-state index contributed by atoms with van der Waals surface area (Å²) in [7, 11) is 0. The summed E-state index contributed by atoms with van der Waals surface area (Å²) in [5.74, 6) is 0.394. The molecule has 0 saturated heterocycles. The van der Waals surface area contributed by atoms with Crippen LogP contribution in [0.15, 0.2) is 48.5 Å². The molecule has 30 heavy (non-hydrogen) atoms. The van der Waals surface area contributed by atoms with Gasteiger partial charge >= 0.3 is 0 Å². The van der Waals surface area contributed by atoms with Gasteiger partial charge in [0, 0.05) is 18.3 Å². The summed E-state index contributed by atoms with van der Waals surface area (Å²) in [6.45, 7) is 8.15. The van der Waals surface area contributed by atoms with Crippen LogP contribution in [0.2, 0.25) is 0 Å². The van der Waals surface area contributed by atoms with Crippen molar-refractivity contribution in [2.45, 2.75) is 58.5 Å². The molecule has 0 spiro atoms. The van der Waals surface area contributed by atoms with Crippen molar-refractivity contribution in [3.8, 4) is 0 Å². The number of aryl methyl sites for hydroxylation is 1. The van der Waals surface area contributed by atoms with E-state index in [0.29, 0.717) is 18.7 Å². The molecule has 0 aliphatic carbocycles. The predicted octanol–water partition coefficient (Wildman–Crippen LogP) is 4.70. The zero-order chi connectivity index (χ0) is 22.1. The van der Waals surface area contributed by atoms with E-state index < -0.39 is 6.04 Å². The number of rotatable bonds is 10. The number of hydrogen-bond donors (Lipinski definition) is 1. The first-order valence-corrected chi connectivity index (χ1v) is 11.4. The highest BCUT2D eigenvalue weighted by Crippen LogP contribution is 2.18. The summed E-state index contributed by atoms with van der Waals surface area (Å²) in [5.41, 5.74) is 3.08. The van der Waals surface area contributed by atoms with Crippen LogP contribution in [-0.4, -0.2) is 34.6 Å². The first-order chi connectivity index (χ1) is 14.3. The molecule has 162 valence electrons. The predicted molar refractivity (Wildman–Crippen MR) is 122 cm³/mol. The second kappa shape index (κ2) is 11.7. The molecule has 0 heterocycles. The van der Waals surface area contributed by atoms with E-state index in [1.165, 1.54) is 23.9 Å². The second-order valence-electron chi connectivity index (χ2n) is 7.72. The SMILES string of the molecule is CC[C@H](C(=O)NC(C)C)N(Cc1cccc(C)c1)C(=O)CSCc1ccc(F)cc1. The lowest BCUT2D eigenvalue weighted by atomic mass is 10.1. The Balaban J connectivity index is 2.12. The van der Waals surface area contributed by atoms with E-state index in [2.05, 4.69) is 5.32 Å². The second-order valence-corrected chi connectivity index (χ2v) is 8.70. The molecule has 2 amide bonds. The third-order valence-corrected chi connectivity index (χ3v) is 5.65. The van der Waals surface area contributed by atoms with Crippen molar-refractivity contribution in [1.29, 1.82) is 0 Å². The topological polar surface area (TPSA) is 49.4 Å². The first kappa shape index (κ1) is 23.9. The van der Waals surface area contributed by atoms with E-state index in [1.807, 2.05) is 52.0 Å². The summed E-state index contributed by atoms with van der Waals surface area (Å²) in [6.07, 6.45) is 0.540. The lowest BCUT2D eigenvalue weighted by Gasteiger charge is -2.31. The monoisotopic (exact) mass is 430 g/mol. The van der Waals surface area contributed by atoms with Crippen molar-refractivity contribution in [2.24, 2.45) is 0 Å². The minimum atomic E-state index is -0.521. The van der Waals surface area contributed by atoms with Gasteiger partial charge < -0.3 is 10.2 Å². The van der Waals surface area contributed by atoms with Crippen LogP contribution in [0.4, 0.5) is 4.39 Å². The Hall–Kier alpha value is -2.34. The Kier molecular flexibility index (Phi) is 9.37.